The fraction of sp³-hybridized carbons (Fsp3) is 0. The molecule has 0 aliphatic carbocycles. The van der Waals surface area contributed by atoms with Gasteiger partial charge in [-0.15, -0.1) is 0 Å². The first-order chi connectivity index (χ1) is 28.8. The smallest absolute Gasteiger partial charge is 0.137 e. The molecule has 10 aromatic rings. The van der Waals surface area contributed by atoms with Gasteiger partial charge in [-0.05, 0) is 88.5 Å². The Labute approximate surface area is 338 Å². The third-order valence-electron chi connectivity index (χ3n) is 10.7. The molecule has 10 rings (SSSR count). The van der Waals surface area contributed by atoms with Crippen molar-refractivity contribution in [1.82, 2.24) is 14.5 Å². The molecule has 3 heterocycles. The van der Waals surface area contributed by atoms with Crippen LogP contribution in [0.2, 0.25) is 0 Å². The molecule has 7 aromatic carbocycles. The number of hydrogen-bond donors (Lipinski definition) is 0. The topological polar surface area (TPSA) is 34.0 Å². The zero-order valence-corrected chi connectivity index (χ0v) is 31.7. The number of nitrogens with zero attached hydrogens (tertiary/aromatic N) is 4. The van der Waals surface area contributed by atoms with Gasteiger partial charge in [-0.2, -0.15) is 0 Å². The van der Waals surface area contributed by atoms with Crippen LogP contribution in [0.15, 0.2) is 231 Å². The van der Waals surface area contributed by atoms with Crippen LogP contribution in [0.5, 0.6) is 0 Å². The van der Waals surface area contributed by atoms with E-state index in [0.29, 0.717) is 0 Å². The van der Waals surface area contributed by atoms with Crippen molar-refractivity contribution < 1.29 is 0 Å². The molecular formula is C54H38N4. The third kappa shape index (κ3) is 6.53. The summed E-state index contributed by atoms with van der Waals surface area (Å²) in [6.45, 7) is 0. The molecule has 58 heavy (non-hydrogen) atoms. The van der Waals surface area contributed by atoms with Gasteiger partial charge < -0.3 is 4.90 Å². The first-order valence-corrected chi connectivity index (χ1v) is 19.6. The molecule has 0 aliphatic heterocycles. The summed E-state index contributed by atoms with van der Waals surface area (Å²) in [5.41, 5.74) is 15.1. The molecule has 274 valence electrons. The maximum atomic E-state index is 4.97. The Bertz CT molecular complexity index is 2910. The Balaban J connectivity index is 1.30. The fourth-order valence-electron chi connectivity index (χ4n) is 8.08. The maximum absolute atomic E-state index is 4.97. The van der Waals surface area contributed by atoms with E-state index in [9.17, 15) is 0 Å². The minimum atomic E-state index is 0.852. The van der Waals surface area contributed by atoms with E-state index in [-0.39, 0.29) is 0 Å². The van der Waals surface area contributed by atoms with E-state index in [0.717, 1.165) is 84.1 Å². The van der Waals surface area contributed by atoms with Crippen LogP contribution in [0.4, 0.5) is 17.1 Å². The fourth-order valence-corrected chi connectivity index (χ4v) is 8.08. The van der Waals surface area contributed by atoms with Crippen LogP contribution in [0.1, 0.15) is 0 Å². The summed E-state index contributed by atoms with van der Waals surface area (Å²) in [4.78, 5) is 12.2. The van der Waals surface area contributed by atoms with Crippen LogP contribution >= 0.6 is 0 Å². The highest BCUT2D eigenvalue weighted by atomic mass is 15.2. The first kappa shape index (κ1) is 34.7. The lowest BCUT2D eigenvalue weighted by molar-refractivity contribution is 1.05. The van der Waals surface area contributed by atoms with Crippen molar-refractivity contribution in [2.45, 2.75) is 0 Å². The van der Waals surface area contributed by atoms with Crippen LogP contribution in [0, 0.1) is 0 Å². The number of para-hydroxylation sites is 1. The van der Waals surface area contributed by atoms with E-state index < -0.39 is 0 Å². The van der Waals surface area contributed by atoms with Gasteiger partial charge in [0.05, 0.1) is 22.6 Å². The van der Waals surface area contributed by atoms with E-state index >= 15 is 0 Å². The number of fused-ring (bicyclic) bond motifs is 1. The molecule has 3 aromatic heterocycles. The van der Waals surface area contributed by atoms with Crippen LogP contribution in [-0.2, 0) is 0 Å². The van der Waals surface area contributed by atoms with E-state index in [4.69, 9.17) is 9.97 Å². The molecule has 0 spiro atoms. The summed E-state index contributed by atoms with van der Waals surface area (Å²) in [6, 6.07) is 77.3. The highest BCUT2D eigenvalue weighted by Gasteiger charge is 2.25. The summed E-state index contributed by atoms with van der Waals surface area (Å²) in [6.07, 6.45) is 3.74. The summed E-state index contributed by atoms with van der Waals surface area (Å²) in [7, 11) is 0. The van der Waals surface area contributed by atoms with Crippen molar-refractivity contribution in [1.29, 1.82) is 0 Å². The largest absolute Gasteiger partial charge is 0.310 e. The lowest BCUT2D eigenvalue weighted by Gasteiger charge is -2.29. The third-order valence-corrected chi connectivity index (χ3v) is 10.7. The summed E-state index contributed by atoms with van der Waals surface area (Å²) in [5.74, 6) is 0.852. The lowest BCUT2D eigenvalue weighted by Crippen LogP contribution is -2.12. The monoisotopic (exact) mass is 742 g/mol. The maximum Gasteiger partial charge on any atom is 0.137 e. The van der Waals surface area contributed by atoms with Gasteiger partial charge in [0.15, 0.2) is 0 Å². The van der Waals surface area contributed by atoms with Crippen molar-refractivity contribution in [2.75, 3.05) is 4.90 Å². The average molecular weight is 743 g/mol. The van der Waals surface area contributed by atoms with E-state index in [1.165, 1.54) is 5.56 Å². The predicted molar refractivity (Wildman–Crippen MR) is 241 cm³/mol. The molecule has 0 N–H and O–H groups in total. The standard InChI is InChI=1S/C54H38N4/c1-5-19-39(20-6-1)43-35-44(49-28-15-17-33-55-49)37-46(36-43)57(50-29-14-13-27-47(50)40-21-7-2-8-22-40)45-31-32-48-51(38-45)58(52-30-16-18-34-56-52)54(42-25-11-4-12-26-42)53(48)41-23-9-3-10-24-41/h1-38H. The van der Waals surface area contributed by atoms with Crippen LogP contribution < -0.4 is 4.90 Å². The Morgan fingerprint density at radius 1 is 0.379 bits per heavy atom. The second-order valence-electron chi connectivity index (χ2n) is 14.2. The van der Waals surface area contributed by atoms with Gasteiger partial charge in [-0.3, -0.25) is 9.55 Å². The highest BCUT2D eigenvalue weighted by Crippen LogP contribution is 2.47. The summed E-state index contributed by atoms with van der Waals surface area (Å²) >= 11 is 0. The van der Waals surface area contributed by atoms with Crippen molar-refractivity contribution in [2.24, 2.45) is 0 Å². The second kappa shape index (κ2) is 15.4. The molecular weight excluding hydrogens is 705 g/mol. The summed E-state index contributed by atoms with van der Waals surface area (Å²) in [5, 5.41) is 1.14. The molecule has 0 atom stereocenters. The molecule has 0 aliphatic rings. The molecule has 0 amide bonds. The highest BCUT2D eigenvalue weighted by molar-refractivity contribution is 6.07. The summed E-state index contributed by atoms with van der Waals surface area (Å²) < 4.78 is 2.33. The van der Waals surface area contributed by atoms with Gasteiger partial charge in [-0.1, -0.05) is 158 Å². The average Bonchev–Trinajstić information content (AvgIpc) is 3.65. The molecule has 0 bridgehead atoms. The van der Waals surface area contributed by atoms with Crippen molar-refractivity contribution >= 4 is 28.0 Å². The molecule has 0 radical (unpaired) electrons. The molecule has 0 saturated carbocycles. The first-order valence-electron chi connectivity index (χ1n) is 19.6. The Morgan fingerprint density at radius 2 is 0.966 bits per heavy atom. The van der Waals surface area contributed by atoms with Gasteiger partial charge in [0.2, 0.25) is 0 Å². The van der Waals surface area contributed by atoms with Gasteiger partial charge >= 0.3 is 0 Å². The molecule has 4 nitrogen and oxygen atoms in total. The van der Waals surface area contributed by atoms with E-state index in [1.54, 1.807) is 0 Å². The number of pyridine rings is 2. The van der Waals surface area contributed by atoms with Gasteiger partial charge in [0.25, 0.3) is 0 Å². The van der Waals surface area contributed by atoms with Crippen molar-refractivity contribution in [3.8, 4) is 61.7 Å². The quantitative estimate of drug-likeness (QED) is 0.148. The number of benzene rings is 7. The molecule has 0 saturated heterocycles. The Kier molecular flexibility index (Phi) is 9.18. The minimum absolute atomic E-state index is 0.852. The van der Waals surface area contributed by atoms with Crippen LogP contribution in [0.25, 0.3) is 72.6 Å². The Hall–Kier alpha value is -7.82. The zero-order valence-electron chi connectivity index (χ0n) is 31.7. The van der Waals surface area contributed by atoms with Crippen LogP contribution in [-0.4, -0.2) is 14.5 Å². The SMILES string of the molecule is c1ccc(-c2cc(-c3ccccn3)cc(N(c3ccc4c(-c5ccccc5)c(-c5ccccc5)n(-c5ccccn5)c4c3)c3ccccc3-c3ccccc3)c2)cc1. The van der Waals surface area contributed by atoms with Gasteiger partial charge in [0.1, 0.15) is 5.82 Å². The number of rotatable bonds is 9. The number of anilines is 3. The van der Waals surface area contributed by atoms with E-state index in [2.05, 4.69) is 210 Å². The number of aromatic nitrogens is 3. The van der Waals surface area contributed by atoms with Crippen molar-refractivity contribution in [3.63, 3.8) is 0 Å². The minimum Gasteiger partial charge on any atom is -0.310 e. The van der Waals surface area contributed by atoms with Crippen LogP contribution in [0.3, 0.4) is 0 Å². The molecule has 0 unspecified atom stereocenters. The molecule has 4 heteroatoms. The lowest BCUT2D eigenvalue weighted by atomic mass is 9.97. The zero-order chi connectivity index (χ0) is 38.7. The normalized spacial score (nSPS) is 11.1. The van der Waals surface area contributed by atoms with E-state index in [1.807, 2.05) is 30.6 Å². The molecule has 0 fully saturated rings. The van der Waals surface area contributed by atoms with Crippen molar-refractivity contribution in [3.05, 3.63) is 231 Å². The number of hydrogen-bond acceptors (Lipinski definition) is 3. The Morgan fingerprint density at radius 3 is 1.64 bits per heavy atom. The van der Waals surface area contributed by atoms with Gasteiger partial charge in [-0.25, -0.2) is 4.98 Å². The predicted octanol–water partition coefficient (Wildman–Crippen LogP) is 14.2. The second-order valence-corrected chi connectivity index (χ2v) is 14.2. The van der Waals surface area contributed by atoms with Gasteiger partial charge in [0, 0.05) is 45.8 Å².